The number of carbonyl (C=O) groups excluding carboxylic acids is 1. The zero-order chi connectivity index (χ0) is 21.7. The highest BCUT2D eigenvalue weighted by atomic mass is 79.9. The van der Waals surface area contributed by atoms with E-state index in [1.807, 2.05) is 6.07 Å². The Morgan fingerprint density at radius 3 is 2.03 bits per heavy atom. The van der Waals surface area contributed by atoms with Crippen LogP contribution in [0, 0.1) is 0 Å². The summed E-state index contributed by atoms with van der Waals surface area (Å²) in [6, 6.07) is 17.9. The van der Waals surface area contributed by atoms with Crippen molar-refractivity contribution in [1.82, 2.24) is 0 Å². The van der Waals surface area contributed by atoms with E-state index in [0.717, 1.165) is 4.47 Å². The molecule has 0 heterocycles. The fourth-order valence-corrected chi connectivity index (χ4v) is 4.00. The molecular formula is C21H19BrN2O5S. The highest BCUT2D eigenvalue weighted by Gasteiger charge is 2.20. The van der Waals surface area contributed by atoms with Gasteiger partial charge in [-0.05, 0) is 36.4 Å². The molecule has 9 heteroatoms. The monoisotopic (exact) mass is 490 g/mol. The molecule has 0 aliphatic carbocycles. The Hall–Kier alpha value is -3.04. The molecule has 0 unspecified atom stereocenters. The van der Waals surface area contributed by atoms with Crippen LogP contribution < -0.4 is 19.5 Å². The van der Waals surface area contributed by atoms with Gasteiger partial charge in [-0.25, -0.2) is 8.42 Å². The zero-order valence-electron chi connectivity index (χ0n) is 16.2. The third kappa shape index (κ3) is 4.92. The predicted octanol–water partition coefficient (Wildman–Crippen LogP) is 4.52. The molecule has 0 aliphatic heterocycles. The van der Waals surface area contributed by atoms with Crippen molar-refractivity contribution in [3.8, 4) is 11.5 Å². The first-order valence-electron chi connectivity index (χ1n) is 8.75. The molecule has 0 saturated heterocycles. The number of methoxy groups -OCH3 is 2. The summed E-state index contributed by atoms with van der Waals surface area (Å²) in [5, 5.41) is 2.75. The van der Waals surface area contributed by atoms with Gasteiger partial charge in [0.25, 0.3) is 15.9 Å². The normalized spacial score (nSPS) is 10.9. The van der Waals surface area contributed by atoms with E-state index in [1.165, 1.54) is 38.5 Å². The molecule has 156 valence electrons. The predicted molar refractivity (Wildman–Crippen MR) is 119 cm³/mol. The largest absolute Gasteiger partial charge is 0.494 e. The molecule has 2 N–H and O–H groups in total. The number of anilines is 2. The standard InChI is InChI=1S/C21H19BrN2O5S/c1-28-19-13-18(24-30(26,27)16-10-8-15(22)9-11-16)20(29-2)12-17(19)23-21(25)14-6-4-3-5-7-14/h3-13,24H,1-2H3,(H,23,25). The van der Waals surface area contributed by atoms with Crippen molar-refractivity contribution < 1.29 is 22.7 Å². The molecule has 0 spiro atoms. The van der Waals surface area contributed by atoms with Crippen LogP contribution in [-0.2, 0) is 10.0 Å². The second-order valence-electron chi connectivity index (χ2n) is 6.13. The van der Waals surface area contributed by atoms with Crippen LogP contribution in [0.15, 0.2) is 76.1 Å². The first-order valence-corrected chi connectivity index (χ1v) is 11.0. The van der Waals surface area contributed by atoms with Crippen LogP contribution in [0.3, 0.4) is 0 Å². The second kappa shape index (κ2) is 9.19. The van der Waals surface area contributed by atoms with Crippen molar-refractivity contribution in [2.75, 3.05) is 24.3 Å². The van der Waals surface area contributed by atoms with Gasteiger partial charge in [-0.15, -0.1) is 0 Å². The van der Waals surface area contributed by atoms with Gasteiger partial charge in [-0.3, -0.25) is 9.52 Å². The van der Waals surface area contributed by atoms with E-state index in [1.54, 1.807) is 36.4 Å². The topological polar surface area (TPSA) is 93.7 Å². The number of rotatable bonds is 7. The van der Waals surface area contributed by atoms with Crippen molar-refractivity contribution in [2.45, 2.75) is 4.90 Å². The van der Waals surface area contributed by atoms with Crippen LogP contribution in [0.5, 0.6) is 11.5 Å². The van der Waals surface area contributed by atoms with Crippen LogP contribution in [0.4, 0.5) is 11.4 Å². The van der Waals surface area contributed by atoms with Crippen molar-refractivity contribution >= 4 is 43.2 Å². The molecule has 1 amide bonds. The van der Waals surface area contributed by atoms with E-state index < -0.39 is 10.0 Å². The van der Waals surface area contributed by atoms with Crippen LogP contribution in [0.1, 0.15) is 10.4 Å². The summed E-state index contributed by atoms with van der Waals surface area (Å²) in [6.07, 6.45) is 0. The number of amides is 1. The Bertz CT molecular complexity index is 1150. The SMILES string of the molecule is COc1cc(NS(=O)(=O)c2ccc(Br)cc2)c(OC)cc1NC(=O)c1ccccc1. The van der Waals surface area contributed by atoms with Gasteiger partial charge < -0.3 is 14.8 Å². The Morgan fingerprint density at radius 1 is 0.867 bits per heavy atom. The zero-order valence-corrected chi connectivity index (χ0v) is 18.6. The minimum absolute atomic E-state index is 0.0909. The Kier molecular flexibility index (Phi) is 6.63. The maximum Gasteiger partial charge on any atom is 0.262 e. The van der Waals surface area contributed by atoms with E-state index in [2.05, 4.69) is 26.0 Å². The minimum Gasteiger partial charge on any atom is -0.494 e. The average Bonchev–Trinajstić information content (AvgIpc) is 2.75. The number of sulfonamides is 1. The molecule has 0 fully saturated rings. The summed E-state index contributed by atoms with van der Waals surface area (Å²) < 4.78 is 39.4. The summed E-state index contributed by atoms with van der Waals surface area (Å²) in [5.41, 5.74) is 0.989. The first kappa shape index (κ1) is 21.7. The molecule has 3 aromatic rings. The third-order valence-electron chi connectivity index (χ3n) is 4.17. The number of ether oxygens (including phenoxy) is 2. The van der Waals surface area contributed by atoms with E-state index in [-0.39, 0.29) is 28.0 Å². The van der Waals surface area contributed by atoms with Gasteiger partial charge in [0.1, 0.15) is 11.5 Å². The van der Waals surface area contributed by atoms with Crippen LogP contribution in [0.25, 0.3) is 0 Å². The lowest BCUT2D eigenvalue weighted by atomic mass is 10.2. The molecule has 3 aromatic carbocycles. The van der Waals surface area contributed by atoms with E-state index in [4.69, 9.17) is 9.47 Å². The highest BCUT2D eigenvalue weighted by Crippen LogP contribution is 2.37. The molecule has 0 bridgehead atoms. The van der Waals surface area contributed by atoms with Gasteiger partial charge in [0.05, 0.1) is 30.5 Å². The Labute approximate surface area is 183 Å². The highest BCUT2D eigenvalue weighted by molar-refractivity contribution is 9.10. The Balaban J connectivity index is 1.93. The van der Waals surface area contributed by atoms with Gasteiger partial charge in [0, 0.05) is 22.2 Å². The maximum atomic E-state index is 12.7. The average molecular weight is 491 g/mol. The van der Waals surface area contributed by atoms with Gasteiger partial charge in [-0.2, -0.15) is 0 Å². The smallest absolute Gasteiger partial charge is 0.262 e. The van der Waals surface area contributed by atoms with Crippen LogP contribution in [-0.4, -0.2) is 28.5 Å². The lowest BCUT2D eigenvalue weighted by Crippen LogP contribution is -2.15. The summed E-state index contributed by atoms with van der Waals surface area (Å²) >= 11 is 3.28. The lowest BCUT2D eigenvalue weighted by Gasteiger charge is -2.17. The first-order chi connectivity index (χ1) is 14.3. The maximum absolute atomic E-state index is 12.7. The lowest BCUT2D eigenvalue weighted by molar-refractivity contribution is 0.102. The van der Waals surface area contributed by atoms with Gasteiger partial charge >= 0.3 is 0 Å². The number of halogens is 1. The van der Waals surface area contributed by atoms with E-state index >= 15 is 0 Å². The molecule has 0 radical (unpaired) electrons. The molecule has 0 aliphatic rings. The minimum atomic E-state index is -3.86. The molecule has 0 atom stereocenters. The summed E-state index contributed by atoms with van der Waals surface area (Å²) in [4.78, 5) is 12.6. The number of carbonyl (C=O) groups is 1. The fourth-order valence-electron chi connectivity index (χ4n) is 2.68. The van der Waals surface area contributed by atoms with Gasteiger partial charge in [-0.1, -0.05) is 34.1 Å². The summed E-state index contributed by atoms with van der Waals surface area (Å²) in [7, 11) is -1.03. The van der Waals surface area contributed by atoms with Crippen molar-refractivity contribution in [2.24, 2.45) is 0 Å². The van der Waals surface area contributed by atoms with E-state index in [0.29, 0.717) is 11.3 Å². The Morgan fingerprint density at radius 2 is 1.43 bits per heavy atom. The van der Waals surface area contributed by atoms with E-state index in [9.17, 15) is 13.2 Å². The van der Waals surface area contributed by atoms with Gasteiger partial charge in [0.2, 0.25) is 0 Å². The number of nitrogens with one attached hydrogen (secondary N) is 2. The fraction of sp³-hybridized carbons (Fsp3) is 0.0952. The summed E-state index contributed by atoms with van der Waals surface area (Å²) in [6.45, 7) is 0. The molecule has 0 aromatic heterocycles. The van der Waals surface area contributed by atoms with Crippen molar-refractivity contribution in [1.29, 1.82) is 0 Å². The third-order valence-corrected chi connectivity index (χ3v) is 6.08. The summed E-state index contributed by atoms with van der Waals surface area (Å²) in [5.74, 6) is 0.160. The molecule has 3 rings (SSSR count). The van der Waals surface area contributed by atoms with Crippen LogP contribution >= 0.6 is 15.9 Å². The molecular weight excluding hydrogens is 472 g/mol. The number of benzene rings is 3. The number of hydrogen-bond acceptors (Lipinski definition) is 5. The second-order valence-corrected chi connectivity index (χ2v) is 8.73. The van der Waals surface area contributed by atoms with Crippen molar-refractivity contribution in [3.63, 3.8) is 0 Å². The quantitative estimate of drug-likeness (QED) is 0.507. The number of hydrogen-bond donors (Lipinski definition) is 2. The molecule has 30 heavy (non-hydrogen) atoms. The molecule has 7 nitrogen and oxygen atoms in total. The van der Waals surface area contributed by atoms with Gasteiger partial charge in [0.15, 0.2) is 0 Å². The van der Waals surface area contributed by atoms with Crippen LogP contribution in [0.2, 0.25) is 0 Å². The van der Waals surface area contributed by atoms with Crippen molar-refractivity contribution in [3.05, 3.63) is 76.8 Å². The molecule has 0 saturated carbocycles.